The van der Waals surface area contributed by atoms with Crippen LogP contribution in [0.3, 0.4) is 0 Å². The summed E-state index contributed by atoms with van der Waals surface area (Å²) in [5, 5.41) is 29.0. The first kappa shape index (κ1) is 23.1. The van der Waals surface area contributed by atoms with E-state index in [2.05, 4.69) is 41.5 Å². The third-order valence-electron chi connectivity index (χ3n) is 4.41. The highest BCUT2D eigenvalue weighted by Crippen LogP contribution is 2.25. The average molecular weight is 426 g/mol. The fraction of sp³-hybridized carbons (Fsp3) is 0.190. The molecule has 0 radical (unpaired) electrons. The van der Waals surface area contributed by atoms with Crippen molar-refractivity contribution in [3.63, 3.8) is 0 Å². The first-order valence-corrected chi connectivity index (χ1v) is 9.27. The number of aliphatic carboxylic acids is 2. The van der Waals surface area contributed by atoms with Gasteiger partial charge in [-0.2, -0.15) is 0 Å². The summed E-state index contributed by atoms with van der Waals surface area (Å²) in [5.41, 5.74) is 4.16. The Hall–Kier alpha value is -4.21. The second-order valence-corrected chi connectivity index (χ2v) is 6.47. The number of nitro benzene ring substituents is 1. The van der Waals surface area contributed by atoms with Gasteiger partial charge in [0.05, 0.1) is 16.8 Å². The van der Waals surface area contributed by atoms with Gasteiger partial charge >= 0.3 is 11.9 Å². The summed E-state index contributed by atoms with van der Waals surface area (Å²) in [6, 6.07) is 15.0. The van der Waals surface area contributed by atoms with Gasteiger partial charge in [0.1, 0.15) is 0 Å². The number of nitrogens with one attached hydrogen (secondary N) is 1. The standard InChI is InChI=1S/C19H20N4O2.C2H2O4/c1-3-14-7-9-15(10-8-14)12-20-19-21-13-18(22(19)2)16-5-4-6-17(11-16)23(24)25;3-1(4)2(5)6/h4-11,13H,3,12H2,1-2H3,(H,20,21);(H,3,4)(H,5,6). The van der Waals surface area contributed by atoms with Crippen molar-refractivity contribution in [1.29, 1.82) is 0 Å². The maximum absolute atomic E-state index is 11.0. The molecule has 0 amide bonds. The van der Waals surface area contributed by atoms with Crippen LogP contribution in [0.2, 0.25) is 0 Å². The summed E-state index contributed by atoms with van der Waals surface area (Å²) >= 11 is 0. The Balaban J connectivity index is 0.000000501. The highest BCUT2D eigenvalue weighted by atomic mass is 16.6. The van der Waals surface area contributed by atoms with Gasteiger partial charge in [-0.25, -0.2) is 14.6 Å². The monoisotopic (exact) mass is 426 g/mol. The zero-order chi connectivity index (χ0) is 23.0. The van der Waals surface area contributed by atoms with E-state index in [1.807, 2.05) is 17.7 Å². The summed E-state index contributed by atoms with van der Waals surface area (Å²) < 4.78 is 1.90. The molecule has 0 aliphatic rings. The highest BCUT2D eigenvalue weighted by molar-refractivity contribution is 6.27. The van der Waals surface area contributed by atoms with Crippen molar-refractivity contribution in [2.75, 3.05) is 5.32 Å². The number of nitrogens with zero attached hydrogens (tertiary/aromatic N) is 3. The van der Waals surface area contributed by atoms with Crippen molar-refractivity contribution in [2.45, 2.75) is 19.9 Å². The molecule has 1 heterocycles. The normalized spacial score (nSPS) is 10.0. The lowest BCUT2D eigenvalue weighted by atomic mass is 10.1. The molecule has 0 unspecified atom stereocenters. The van der Waals surface area contributed by atoms with E-state index >= 15 is 0 Å². The maximum atomic E-state index is 11.0. The van der Waals surface area contributed by atoms with Crippen LogP contribution in [0.4, 0.5) is 11.6 Å². The maximum Gasteiger partial charge on any atom is 0.414 e. The number of carboxylic acid groups (broad SMARTS) is 2. The summed E-state index contributed by atoms with van der Waals surface area (Å²) in [7, 11) is 1.89. The van der Waals surface area contributed by atoms with Gasteiger partial charge in [-0.1, -0.05) is 43.3 Å². The number of hydrogen-bond donors (Lipinski definition) is 3. The average Bonchev–Trinajstić information content (AvgIpc) is 3.13. The third kappa shape index (κ3) is 6.39. The molecule has 162 valence electrons. The Morgan fingerprint density at radius 3 is 2.26 bits per heavy atom. The molecule has 2 aromatic carbocycles. The lowest BCUT2D eigenvalue weighted by Crippen LogP contribution is -2.09. The molecule has 0 bridgehead atoms. The van der Waals surface area contributed by atoms with Crippen LogP contribution >= 0.6 is 0 Å². The number of carboxylic acids is 2. The number of imidazole rings is 1. The molecule has 0 spiro atoms. The van der Waals surface area contributed by atoms with E-state index in [4.69, 9.17) is 19.8 Å². The number of anilines is 1. The predicted octanol–water partition coefficient (Wildman–Crippen LogP) is 3.33. The van der Waals surface area contributed by atoms with Crippen LogP contribution in [0.1, 0.15) is 18.1 Å². The van der Waals surface area contributed by atoms with Gasteiger partial charge < -0.3 is 20.1 Å². The van der Waals surface area contributed by atoms with Crippen LogP contribution in [0.25, 0.3) is 11.3 Å². The number of non-ortho nitro benzene ring substituents is 1. The fourth-order valence-electron chi connectivity index (χ4n) is 2.69. The minimum absolute atomic E-state index is 0.0734. The summed E-state index contributed by atoms with van der Waals surface area (Å²) in [5.74, 6) is -2.92. The third-order valence-corrected chi connectivity index (χ3v) is 4.41. The van der Waals surface area contributed by atoms with E-state index in [0.717, 1.165) is 23.6 Å². The van der Waals surface area contributed by atoms with Crippen molar-refractivity contribution >= 4 is 23.6 Å². The Labute approximate surface area is 177 Å². The molecule has 10 nitrogen and oxygen atoms in total. The lowest BCUT2D eigenvalue weighted by molar-refractivity contribution is -0.384. The number of carbonyl (C=O) groups is 2. The quantitative estimate of drug-likeness (QED) is 0.309. The highest BCUT2D eigenvalue weighted by Gasteiger charge is 2.12. The molecule has 0 aliphatic carbocycles. The van der Waals surface area contributed by atoms with E-state index in [-0.39, 0.29) is 10.6 Å². The number of rotatable bonds is 6. The first-order valence-electron chi connectivity index (χ1n) is 9.27. The molecule has 0 saturated heterocycles. The minimum atomic E-state index is -1.82. The summed E-state index contributed by atoms with van der Waals surface area (Å²) in [4.78, 5) is 33.2. The van der Waals surface area contributed by atoms with E-state index in [1.54, 1.807) is 18.3 Å². The van der Waals surface area contributed by atoms with Crippen LogP contribution in [0.5, 0.6) is 0 Å². The van der Waals surface area contributed by atoms with E-state index in [9.17, 15) is 10.1 Å². The van der Waals surface area contributed by atoms with Crippen molar-refractivity contribution in [3.05, 3.63) is 76.0 Å². The Bertz CT molecular complexity index is 1060. The second-order valence-electron chi connectivity index (χ2n) is 6.47. The fourth-order valence-corrected chi connectivity index (χ4v) is 2.69. The topological polar surface area (TPSA) is 148 Å². The SMILES string of the molecule is CCc1ccc(CNc2ncc(-c3cccc([N+](=O)[O-])c3)n2C)cc1.O=C(O)C(=O)O. The first-order chi connectivity index (χ1) is 14.7. The van der Waals surface area contributed by atoms with Crippen molar-refractivity contribution in [2.24, 2.45) is 7.05 Å². The van der Waals surface area contributed by atoms with Gasteiger partial charge in [-0.05, 0) is 17.5 Å². The molecule has 0 aliphatic heterocycles. The van der Waals surface area contributed by atoms with Gasteiger partial charge in [-0.3, -0.25) is 10.1 Å². The molecule has 31 heavy (non-hydrogen) atoms. The largest absolute Gasteiger partial charge is 0.473 e. The Morgan fingerprint density at radius 2 is 1.71 bits per heavy atom. The zero-order valence-electron chi connectivity index (χ0n) is 17.0. The van der Waals surface area contributed by atoms with Crippen LogP contribution < -0.4 is 5.32 Å². The van der Waals surface area contributed by atoms with Gasteiger partial charge in [-0.15, -0.1) is 0 Å². The van der Waals surface area contributed by atoms with Crippen LogP contribution in [0.15, 0.2) is 54.7 Å². The van der Waals surface area contributed by atoms with Crippen LogP contribution in [-0.4, -0.2) is 36.6 Å². The minimum Gasteiger partial charge on any atom is -0.473 e. The van der Waals surface area contributed by atoms with Gasteiger partial charge in [0, 0.05) is 31.3 Å². The molecule has 10 heteroatoms. The predicted molar refractivity (Wildman–Crippen MR) is 114 cm³/mol. The Kier molecular flexibility index (Phi) is 7.84. The zero-order valence-corrected chi connectivity index (χ0v) is 17.0. The molecule has 3 rings (SSSR count). The second kappa shape index (κ2) is 10.5. The van der Waals surface area contributed by atoms with E-state index in [0.29, 0.717) is 6.54 Å². The van der Waals surface area contributed by atoms with E-state index < -0.39 is 11.9 Å². The smallest absolute Gasteiger partial charge is 0.414 e. The van der Waals surface area contributed by atoms with Gasteiger partial charge in [0.2, 0.25) is 5.95 Å². The molecular formula is C21H22N4O6. The number of nitro groups is 1. The van der Waals surface area contributed by atoms with Crippen molar-refractivity contribution in [3.8, 4) is 11.3 Å². The van der Waals surface area contributed by atoms with Crippen molar-refractivity contribution < 1.29 is 24.7 Å². The van der Waals surface area contributed by atoms with Gasteiger partial charge in [0.25, 0.3) is 5.69 Å². The number of hydrogen-bond acceptors (Lipinski definition) is 6. The molecule has 0 atom stereocenters. The summed E-state index contributed by atoms with van der Waals surface area (Å²) in [6.07, 6.45) is 2.75. The van der Waals surface area contributed by atoms with Crippen LogP contribution in [-0.2, 0) is 29.6 Å². The lowest BCUT2D eigenvalue weighted by Gasteiger charge is -2.09. The molecule has 0 saturated carbocycles. The molecular weight excluding hydrogens is 404 g/mol. The molecule has 3 aromatic rings. The number of benzene rings is 2. The molecule has 3 N–H and O–H groups in total. The summed E-state index contributed by atoms with van der Waals surface area (Å²) in [6.45, 7) is 2.81. The number of aryl methyl sites for hydroxylation is 1. The Morgan fingerprint density at radius 1 is 1.10 bits per heavy atom. The molecule has 1 aromatic heterocycles. The van der Waals surface area contributed by atoms with Gasteiger partial charge in [0.15, 0.2) is 0 Å². The van der Waals surface area contributed by atoms with Crippen molar-refractivity contribution in [1.82, 2.24) is 9.55 Å². The van der Waals surface area contributed by atoms with E-state index in [1.165, 1.54) is 17.2 Å². The number of aromatic nitrogens is 2. The van der Waals surface area contributed by atoms with Crippen LogP contribution in [0, 0.1) is 10.1 Å². The molecule has 0 fully saturated rings.